The summed E-state index contributed by atoms with van der Waals surface area (Å²) in [4.78, 5) is 4.72. The van der Waals surface area contributed by atoms with Crippen LogP contribution < -0.4 is 5.32 Å². The van der Waals surface area contributed by atoms with Crippen LogP contribution in [0.4, 0.5) is 0 Å². The second-order valence-corrected chi connectivity index (χ2v) is 5.61. The molecule has 0 spiro atoms. The van der Waals surface area contributed by atoms with Crippen molar-refractivity contribution in [1.29, 1.82) is 0 Å². The summed E-state index contributed by atoms with van der Waals surface area (Å²) in [5.74, 6) is 0.471. The Kier molecular flexibility index (Phi) is 4.13. The zero-order chi connectivity index (χ0) is 12.3. The molecule has 0 aliphatic rings. The molecule has 1 aromatic carbocycles. The molecule has 0 aliphatic heterocycles. The normalized spacial score (nSPS) is 15.0. The molecule has 1 N–H and O–H groups in total. The molecular weight excluding hydrogens is 228 g/mol. The molecular formula is C14H20N2S. The number of benzene rings is 1. The molecule has 3 heteroatoms. The minimum Gasteiger partial charge on any atom is -0.314 e. The van der Waals surface area contributed by atoms with Crippen LogP contribution in [0.25, 0.3) is 10.2 Å². The van der Waals surface area contributed by atoms with E-state index in [1.165, 1.54) is 16.1 Å². The van der Waals surface area contributed by atoms with Gasteiger partial charge in [-0.1, -0.05) is 26.0 Å². The number of hydrogen-bond acceptors (Lipinski definition) is 3. The molecule has 0 saturated heterocycles. The van der Waals surface area contributed by atoms with Crippen molar-refractivity contribution in [1.82, 2.24) is 10.3 Å². The Hall–Kier alpha value is -0.930. The third-order valence-corrected chi connectivity index (χ3v) is 4.40. The molecule has 17 heavy (non-hydrogen) atoms. The summed E-state index contributed by atoms with van der Waals surface area (Å²) in [5, 5.41) is 4.78. The van der Waals surface area contributed by atoms with Crippen LogP contribution in [0.2, 0.25) is 0 Å². The topological polar surface area (TPSA) is 24.9 Å². The smallest absolute Gasteiger partial charge is 0.0982 e. The van der Waals surface area contributed by atoms with E-state index >= 15 is 0 Å². The molecule has 0 aliphatic carbocycles. The van der Waals surface area contributed by atoms with E-state index in [-0.39, 0.29) is 0 Å². The zero-order valence-corrected chi connectivity index (χ0v) is 11.6. The Morgan fingerprint density at radius 1 is 1.29 bits per heavy atom. The lowest BCUT2D eigenvalue weighted by Gasteiger charge is -2.18. The maximum Gasteiger partial charge on any atom is 0.0982 e. The van der Waals surface area contributed by atoms with Crippen molar-refractivity contribution in [3.63, 3.8) is 0 Å². The monoisotopic (exact) mass is 248 g/mol. The van der Waals surface area contributed by atoms with E-state index in [1.807, 2.05) is 11.3 Å². The first-order valence-corrected chi connectivity index (χ1v) is 7.13. The molecule has 1 aromatic heterocycles. The molecule has 2 rings (SSSR count). The lowest BCUT2D eigenvalue weighted by molar-refractivity contribution is 0.480. The Balaban J connectivity index is 2.15. The molecule has 2 nitrogen and oxygen atoms in total. The number of rotatable bonds is 5. The summed E-state index contributed by atoms with van der Waals surface area (Å²) >= 11 is 1.82. The first-order chi connectivity index (χ1) is 8.22. The third kappa shape index (κ3) is 2.85. The van der Waals surface area contributed by atoms with Gasteiger partial charge >= 0.3 is 0 Å². The van der Waals surface area contributed by atoms with Gasteiger partial charge in [0.2, 0.25) is 0 Å². The van der Waals surface area contributed by atoms with Gasteiger partial charge in [-0.2, -0.15) is 0 Å². The van der Waals surface area contributed by atoms with Gasteiger partial charge in [-0.05, 0) is 32.0 Å². The number of fused-ring (bicyclic) bond motifs is 1. The fourth-order valence-electron chi connectivity index (χ4n) is 1.85. The number of hydrogen-bond donors (Lipinski definition) is 1. The van der Waals surface area contributed by atoms with Crippen molar-refractivity contribution in [2.45, 2.75) is 39.2 Å². The van der Waals surface area contributed by atoms with Crippen LogP contribution in [0.5, 0.6) is 0 Å². The second kappa shape index (κ2) is 5.61. The highest BCUT2D eigenvalue weighted by atomic mass is 32.1. The maximum absolute atomic E-state index is 4.72. The standard InChI is InChI=1S/C14H20N2S/c1-4-9-15-11(3)10(2)14-16-12-7-5-6-8-13(12)17-14/h5-8,10-11,15H,4,9H2,1-3H3. The largest absolute Gasteiger partial charge is 0.314 e. The summed E-state index contributed by atoms with van der Waals surface area (Å²) in [6.07, 6.45) is 1.18. The van der Waals surface area contributed by atoms with Crippen molar-refractivity contribution < 1.29 is 0 Å². The lowest BCUT2D eigenvalue weighted by Crippen LogP contribution is -2.31. The second-order valence-electron chi connectivity index (χ2n) is 4.55. The van der Waals surface area contributed by atoms with Crippen molar-refractivity contribution in [3.8, 4) is 0 Å². The van der Waals surface area contributed by atoms with Gasteiger partial charge in [0, 0.05) is 12.0 Å². The predicted octanol–water partition coefficient (Wildman–Crippen LogP) is 3.79. The van der Waals surface area contributed by atoms with Gasteiger partial charge in [0.05, 0.1) is 15.2 Å². The summed E-state index contributed by atoms with van der Waals surface area (Å²) in [7, 11) is 0. The van der Waals surface area contributed by atoms with Crippen LogP contribution in [-0.2, 0) is 0 Å². The van der Waals surface area contributed by atoms with E-state index in [0.717, 1.165) is 12.1 Å². The highest BCUT2D eigenvalue weighted by molar-refractivity contribution is 7.18. The van der Waals surface area contributed by atoms with E-state index in [4.69, 9.17) is 4.98 Å². The zero-order valence-electron chi connectivity index (χ0n) is 10.7. The van der Waals surface area contributed by atoms with E-state index < -0.39 is 0 Å². The third-order valence-electron chi connectivity index (χ3n) is 3.17. The van der Waals surface area contributed by atoms with Crippen molar-refractivity contribution in [3.05, 3.63) is 29.3 Å². The van der Waals surface area contributed by atoms with Crippen LogP contribution in [-0.4, -0.2) is 17.6 Å². The van der Waals surface area contributed by atoms with E-state index in [2.05, 4.69) is 50.4 Å². The Morgan fingerprint density at radius 2 is 2.06 bits per heavy atom. The van der Waals surface area contributed by atoms with Crippen molar-refractivity contribution >= 4 is 21.6 Å². The molecule has 2 atom stereocenters. The van der Waals surface area contributed by atoms with E-state index in [9.17, 15) is 0 Å². The minimum atomic E-state index is 0.471. The molecule has 0 bridgehead atoms. The highest BCUT2D eigenvalue weighted by Crippen LogP contribution is 2.28. The van der Waals surface area contributed by atoms with Crippen LogP contribution >= 0.6 is 11.3 Å². The number of thiazole rings is 1. The molecule has 92 valence electrons. The van der Waals surface area contributed by atoms with Gasteiger partial charge in [-0.15, -0.1) is 11.3 Å². The van der Waals surface area contributed by atoms with Crippen LogP contribution in [0.15, 0.2) is 24.3 Å². The molecule has 0 saturated carbocycles. The fourth-order valence-corrected chi connectivity index (χ4v) is 2.97. The molecule has 1 heterocycles. The highest BCUT2D eigenvalue weighted by Gasteiger charge is 2.17. The first kappa shape index (κ1) is 12.5. The van der Waals surface area contributed by atoms with Crippen LogP contribution in [0.1, 0.15) is 38.1 Å². The molecule has 0 amide bonds. The SMILES string of the molecule is CCCNC(C)C(C)c1nc2ccccc2s1. The maximum atomic E-state index is 4.72. The minimum absolute atomic E-state index is 0.471. The van der Waals surface area contributed by atoms with Gasteiger partial charge in [0.1, 0.15) is 0 Å². The molecule has 0 fully saturated rings. The number of nitrogens with zero attached hydrogens (tertiary/aromatic N) is 1. The van der Waals surface area contributed by atoms with Gasteiger partial charge in [0.15, 0.2) is 0 Å². The lowest BCUT2D eigenvalue weighted by atomic mass is 10.0. The van der Waals surface area contributed by atoms with Gasteiger partial charge in [-0.3, -0.25) is 0 Å². The summed E-state index contributed by atoms with van der Waals surface area (Å²) < 4.78 is 1.29. The fraction of sp³-hybridized carbons (Fsp3) is 0.500. The summed E-state index contributed by atoms with van der Waals surface area (Å²) in [6, 6.07) is 8.85. The van der Waals surface area contributed by atoms with E-state index in [1.54, 1.807) is 0 Å². The van der Waals surface area contributed by atoms with Gasteiger partial charge in [0.25, 0.3) is 0 Å². The van der Waals surface area contributed by atoms with Gasteiger partial charge in [-0.25, -0.2) is 4.98 Å². The average molecular weight is 248 g/mol. The predicted molar refractivity (Wildman–Crippen MR) is 75.8 cm³/mol. The summed E-state index contributed by atoms with van der Waals surface area (Å²) in [5.41, 5.74) is 1.13. The molecule has 0 radical (unpaired) electrons. The quantitative estimate of drug-likeness (QED) is 0.871. The van der Waals surface area contributed by atoms with Crippen molar-refractivity contribution in [2.75, 3.05) is 6.54 Å². The molecule has 2 aromatic rings. The number of aromatic nitrogens is 1. The number of para-hydroxylation sites is 1. The Morgan fingerprint density at radius 3 is 2.76 bits per heavy atom. The molecule has 2 unspecified atom stereocenters. The first-order valence-electron chi connectivity index (χ1n) is 6.31. The average Bonchev–Trinajstić information content (AvgIpc) is 2.78. The van der Waals surface area contributed by atoms with Crippen LogP contribution in [0.3, 0.4) is 0 Å². The Bertz CT molecular complexity index is 445. The van der Waals surface area contributed by atoms with Crippen LogP contribution in [0, 0.1) is 0 Å². The van der Waals surface area contributed by atoms with Gasteiger partial charge < -0.3 is 5.32 Å². The Labute approximate surface area is 107 Å². The number of nitrogens with one attached hydrogen (secondary N) is 1. The summed E-state index contributed by atoms with van der Waals surface area (Å²) in [6.45, 7) is 7.77. The van der Waals surface area contributed by atoms with E-state index in [0.29, 0.717) is 12.0 Å². The van der Waals surface area contributed by atoms with Crippen molar-refractivity contribution in [2.24, 2.45) is 0 Å².